The molecule has 0 saturated heterocycles. The molecule has 3 aliphatic carbocycles. The van der Waals surface area contributed by atoms with E-state index < -0.39 is 57.9 Å². The average molecular weight is 548 g/mol. The van der Waals surface area contributed by atoms with Crippen LogP contribution in [0.15, 0.2) is 59.1 Å². The van der Waals surface area contributed by atoms with Gasteiger partial charge in [0.05, 0.1) is 18.7 Å². The number of aryl methyl sites for hydroxylation is 2. The van der Waals surface area contributed by atoms with E-state index in [1.807, 2.05) is 24.3 Å². The zero-order chi connectivity index (χ0) is 29.1. The van der Waals surface area contributed by atoms with Crippen LogP contribution in [0, 0.1) is 11.8 Å². The standard InChI is InChI=1S/C31H33NO8/c1-15(33)23-28(36)26(32(2)3)21-14-18-13-20-17(9-8-16-6-5-7-19(12-16)40-4)10-11-22(34)25(20)27(35)24(18)30(38)31(21,39)29(23)37/h5-7,10-12,18,21,26,34,36,38-39H,8-9,13-14H2,1-4H3/t18-,21-,26-,31+/m0/s1. The van der Waals surface area contributed by atoms with E-state index in [9.17, 15) is 34.8 Å². The number of Topliss-reactive ketones (excluding diaryl/α,β-unsaturated/α-hetero) is 3. The van der Waals surface area contributed by atoms with Crippen LogP contribution >= 0.6 is 0 Å². The number of likely N-dealkylation sites (N-methyl/N-ethyl adjacent to an activating group) is 1. The van der Waals surface area contributed by atoms with Gasteiger partial charge >= 0.3 is 0 Å². The largest absolute Gasteiger partial charge is 0.510 e. The van der Waals surface area contributed by atoms with Gasteiger partial charge in [-0.3, -0.25) is 19.3 Å². The Morgan fingerprint density at radius 2 is 1.82 bits per heavy atom. The molecule has 0 aliphatic heterocycles. The third-order valence-corrected chi connectivity index (χ3v) is 8.63. The van der Waals surface area contributed by atoms with Crippen LogP contribution < -0.4 is 4.74 Å². The normalized spacial score (nSPS) is 26.0. The minimum atomic E-state index is -2.57. The molecule has 4 N–H and O–H groups in total. The number of hydrogen-bond donors (Lipinski definition) is 4. The van der Waals surface area contributed by atoms with E-state index in [1.54, 1.807) is 32.2 Å². The first-order valence-electron chi connectivity index (χ1n) is 13.2. The van der Waals surface area contributed by atoms with Crippen LogP contribution in [0.3, 0.4) is 0 Å². The van der Waals surface area contributed by atoms with E-state index in [0.717, 1.165) is 23.8 Å². The smallest absolute Gasteiger partial charge is 0.209 e. The predicted molar refractivity (Wildman–Crippen MR) is 146 cm³/mol. The highest BCUT2D eigenvalue weighted by atomic mass is 16.5. The van der Waals surface area contributed by atoms with Gasteiger partial charge in [0, 0.05) is 11.5 Å². The SMILES string of the molecule is COc1cccc(CCc2ccc(O)c3c2C[C@H]2C[C@H]4[C@H](N(C)C)C(O)=C(C(C)=O)C(=O)[C@@]4(O)C(O)=C2C3=O)c1. The number of carbonyl (C=O) groups is 3. The minimum absolute atomic E-state index is 0.0422. The number of ether oxygens (including phenoxy) is 1. The van der Waals surface area contributed by atoms with Crippen molar-refractivity contribution in [3.05, 3.63) is 81.3 Å². The Bertz CT molecular complexity index is 1500. The number of aromatic hydroxyl groups is 1. The third kappa shape index (κ3) is 4.03. The van der Waals surface area contributed by atoms with Gasteiger partial charge < -0.3 is 25.2 Å². The maximum absolute atomic E-state index is 13.9. The van der Waals surface area contributed by atoms with Crippen molar-refractivity contribution in [2.75, 3.05) is 21.2 Å². The molecular weight excluding hydrogens is 514 g/mol. The van der Waals surface area contributed by atoms with E-state index in [0.29, 0.717) is 18.4 Å². The number of rotatable bonds is 6. The summed E-state index contributed by atoms with van der Waals surface area (Å²) in [6.45, 7) is 1.10. The molecule has 40 heavy (non-hydrogen) atoms. The number of nitrogens with zero attached hydrogens (tertiary/aromatic N) is 1. The summed E-state index contributed by atoms with van der Waals surface area (Å²) in [5, 5.41) is 44.9. The van der Waals surface area contributed by atoms with Crippen LogP contribution in [0.1, 0.15) is 40.4 Å². The number of carbonyl (C=O) groups excluding carboxylic acids is 3. The summed E-state index contributed by atoms with van der Waals surface area (Å²) in [4.78, 5) is 41.2. The molecule has 2 aromatic rings. The van der Waals surface area contributed by atoms with Gasteiger partial charge in [-0.05, 0) is 87.5 Å². The second kappa shape index (κ2) is 9.91. The number of aliphatic hydroxyl groups is 3. The monoisotopic (exact) mass is 547 g/mol. The molecule has 210 valence electrons. The topological polar surface area (TPSA) is 145 Å². The van der Waals surface area contributed by atoms with Crippen molar-refractivity contribution in [1.29, 1.82) is 0 Å². The molecule has 0 aromatic heterocycles. The van der Waals surface area contributed by atoms with Crippen LogP contribution in [0.5, 0.6) is 11.5 Å². The lowest BCUT2D eigenvalue weighted by atomic mass is 9.58. The first kappa shape index (κ1) is 27.6. The fraction of sp³-hybridized carbons (Fsp3) is 0.387. The van der Waals surface area contributed by atoms with Gasteiger partial charge in [0.2, 0.25) is 5.78 Å². The molecule has 5 rings (SSSR count). The molecule has 0 amide bonds. The first-order chi connectivity index (χ1) is 18.9. The van der Waals surface area contributed by atoms with Gasteiger partial charge in [-0.15, -0.1) is 0 Å². The molecule has 0 radical (unpaired) electrons. The third-order valence-electron chi connectivity index (χ3n) is 8.63. The predicted octanol–water partition coefficient (Wildman–Crippen LogP) is 3.02. The highest BCUT2D eigenvalue weighted by molar-refractivity contribution is 6.25. The van der Waals surface area contributed by atoms with Gasteiger partial charge in [0.1, 0.15) is 28.6 Å². The fourth-order valence-electron chi connectivity index (χ4n) is 6.76. The summed E-state index contributed by atoms with van der Waals surface area (Å²) in [5.74, 6) is -4.90. The lowest BCUT2D eigenvalue weighted by Gasteiger charge is -2.50. The number of ketones is 3. The first-order valence-corrected chi connectivity index (χ1v) is 13.2. The summed E-state index contributed by atoms with van der Waals surface area (Å²) in [6.07, 6.45) is 1.62. The van der Waals surface area contributed by atoms with Gasteiger partial charge in [0.25, 0.3) is 0 Å². The van der Waals surface area contributed by atoms with Crippen molar-refractivity contribution < 1.29 is 39.5 Å². The summed E-state index contributed by atoms with van der Waals surface area (Å²) in [6, 6.07) is 9.97. The number of benzene rings is 2. The number of aliphatic hydroxyl groups excluding tert-OH is 2. The van der Waals surface area contributed by atoms with Crippen molar-refractivity contribution in [1.82, 2.24) is 4.90 Å². The number of allylic oxidation sites excluding steroid dienone is 1. The Morgan fingerprint density at radius 3 is 2.48 bits per heavy atom. The minimum Gasteiger partial charge on any atom is -0.510 e. The highest BCUT2D eigenvalue weighted by Gasteiger charge is 2.63. The van der Waals surface area contributed by atoms with Crippen LogP contribution in [0.4, 0.5) is 0 Å². The zero-order valence-electron chi connectivity index (χ0n) is 22.9. The summed E-state index contributed by atoms with van der Waals surface area (Å²) in [7, 11) is 4.88. The van der Waals surface area contributed by atoms with Crippen molar-refractivity contribution in [3.63, 3.8) is 0 Å². The van der Waals surface area contributed by atoms with E-state index in [-0.39, 0.29) is 29.7 Å². The summed E-state index contributed by atoms with van der Waals surface area (Å²) < 4.78 is 5.31. The molecule has 0 saturated carbocycles. The molecule has 9 heteroatoms. The van der Waals surface area contributed by atoms with Crippen LogP contribution in [-0.2, 0) is 28.9 Å². The Hall–Kier alpha value is -3.95. The Labute approximate surface area is 232 Å². The van der Waals surface area contributed by atoms with Crippen LogP contribution in [0.2, 0.25) is 0 Å². The summed E-state index contributed by atoms with van der Waals surface area (Å²) >= 11 is 0. The molecule has 0 fully saturated rings. The Balaban J connectivity index is 1.59. The van der Waals surface area contributed by atoms with Gasteiger partial charge in [-0.25, -0.2) is 0 Å². The Kier molecular flexibility index (Phi) is 6.84. The maximum Gasteiger partial charge on any atom is 0.209 e. The number of methoxy groups -OCH3 is 1. The van der Waals surface area contributed by atoms with E-state index in [2.05, 4.69) is 0 Å². The molecular formula is C31H33NO8. The van der Waals surface area contributed by atoms with Crippen LogP contribution in [-0.4, -0.2) is 75.5 Å². The number of phenols is 1. The van der Waals surface area contributed by atoms with Gasteiger partial charge in [-0.2, -0.15) is 0 Å². The van der Waals surface area contributed by atoms with Crippen molar-refractivity contribution in [2.45, 2.75) is 44.2 Å². The van der Waals surface area contributed by atoms with E-state index in [4.69, 9.17) is 4.74 Å². The number of fused-ring (bicyclic) bond motifs is 3. The van der Waals surface area contributed by atoms with Crippen LogP contribution in [0.25, 0.3) is 0 Å². The molecule has 3 aliphatic rings. The molecule has 0 bridgehead atoms. The number of phenolic OH excluding ortho intramolecular Hbond substituents is 1. The fourth-order valence-corrected chi connectivity index (χ4v) is 6.76. The zero-order valence-corrected chi connectivity index (χ0v) is 22.9. The molecule has 9 nitrogen and oxygen atoms in total. The molecule has 0 unspecified atom stereocenters. The van der Waals surface area contributed by atoms with E-state index >= 15 is 0 Å². The second-order valence-corrected chi connectivity index (χ2v) is 11.1. The highest BCUT2D eigenvalue weighted by Crippen LogP contribution is 2.52. The maximum atomic E-state index is 13.9. The Morgan fingerprint density at radius 1 is 1.10 bits per heavy atom. The van der Waals surface area contributed by atoms with Gasteiger partial charge in [-0.1, -0.05) is 18.2 Å². The molecule has 0 heterocycles. The molecule has 4 atom stereocenters. The van der Waals surface area contributed by atoms with Crippen molar-refractivity contribution >= 4 is 17.3 Å². The van der Waals surface area contributed by atoms with E-state index in [1.165, 1.54) is 6.07 Å². The molecule has 0 spiro atoms. The average Bonchev–Trinajstić information content (AvgIpc) is 2.90. The quantitative estimate of drug-likeness (QED) is 0.401. The van der Waals surface area contributed by atoms with Gasteiger partial charge in [0.15, 0.2) is 17.2 Å². The summed E-state index contributed by atoms with van der Waals surface area (Å²) in [5.41, 5.74) is -0.679. The lowest BCUT2D eigenvalue weighted by molar-refractivity contribution is -0.148. The van der Waals surface area contributed by atoms with Crippen molar-refractivity contribution in [2.24, 2.45) is 11.8 Å². The molecule has 2 aromatic carbocycles. The number of hydrogen-bond acceptors (Lipinski definition) is 9. The van der Waals surface area contributed by atoms with Crippen molar-refractivity contribution in [3.8, 4) is 11.5 Å². The lowest BCUT2D eigenvalue weighted by Crippen LogP contribution is -2.63. The second-order valence-electron chi connectivity index (χ2n) is 11.1.